The van der Waals surface area contributed by atoms with E-state index in [1.54, 1.807) is 0 Å². The topological polar surface area (TPSA) is 77.4 Å². The van der Waals surface area contributed by atoms with E-state index in [4.69, 9.17) is 18.9 Å². The normalized spacial score (nSPS) is 11.3. The van der Waals surface area contributed by atoms with E-state index >= 15 is 0 Å². The van der Waals surface area contributed by atoms with Gasteiger partial charge in [-0.1, -0.05) is 0 Å². The van der Waals surface area contributed by atoms with Crippen molar-refractivity contribution in [3.8, 4) is 22.6 Å². The van der Waals surface area contributed by atoms with Crippen molar-refractivity contribution in [2.45, 2.75) is 68.0 Å². The van der Waals surface area contributed by atoms with Crippen molar-refractivity contribution < 1.29 is 29.2 Å². The fourth-order valence-electron chi connectivity index (χ4n) is 3.73. The van der Waals surface area contributed by atoms with E-state index < -0.39 is 0 Å². The molecule has 32 heavy (non-hydrogen) atoms. The Bertz CT molecular complexity index is 817. The Morgan fingerprint density at radius 2 is 0.875 bits per heavy atom. The fourth-order valence-corrected chi connectivity index (χ4v) is 3.73. The van der Waals surface area contributed by atoms with Crippen LogP contribution in [0.1, 0.15) is 61.1 Å². The molecule has 0 radical (unpaired) electrons. The maximum absolute atomic E-state index is 10.9. The standard InChI is InChI=1S/C26H38O6/c1-7-29-13-19-11-21(17(5)23(25(19)27)15-31-9-3)22-12-20(14-30-8-2)26(28)24(18(22)6)16-32-10-4/h11-12,27-28H,7-10,13-16H2,1-6H3. The van der Waals surface area contributed by atoms with Gasteiger partial charge in [-0.05, 0) is 75.9 Å². The molecule has 2 aromatic carbocycles. The molecule has 0 aliphatic carbocycles. The number of aromatic hydroxyl groups is 2. The van der Waals surface area contributed by atoms with Gasteiger partial charge in [0.05, 0.1) is 26.4 Å². The van der Waals surface area contributed by atoms with Crippen LogP contribution in [0.2, 0.25) is 0 Å². The van der Waals surface area contributed by atoms with Gasteiger partial charge in [-0.3, -0.25) is 0 Å². The van der Waals surface area contributed by atoms with Gasteiger partial charge in [-0.25, -0.2) is 0 Å². The quantitative estimate of drug-likeness (QED) is 0.421. The van der Waals surface area contributed by atoms with Gasteiger partial charge in [0.25, 0.3) is 0 Å². The van der Waals surface area contributed by atoms with Crippen LogP contribution in [0.3, 0.4) is 0 Å². The molecule has 2 aromatic rings. The highest BCUT2D eigenvalue weighted by molar-refractivity contribution is 5.77. The zero-order valence-electron chi connectivity index (χ0n) is 20.3. The Labute approximate surface area is 192 Å². The number of phenolic OH excluding ortho intramolecular Hbond substituents is 2. The van der Waals surface area contributed by atoms with E-state index in [9.17, 15) is 10.2 Å². The average Bonchev–Trinajstić information content (AvgIpc) is 2.78. The molecule has 6 heteroatoms. The van der Waals surface area contributed by atoms with Crippen LogP contribution in [0.5, 0.6) is 11.5 Å². The Morgan fingerprint density at radius 1 is 0.562 bits per heavy atom. The van der Waals surface area contributed by atoms with Gasteiger partial charge in [0.15, 0.2) is 0 Å². The van der Waals surface area contributed by atoms with Crippen LogP contribution in [-0.2, 0) is 45.4 Å². The maximum atomic E-state index is 10.9. The Morgan fingerprint density at radius 3 is 1.19 bits per heavy atom. The highest BCUT2D eigenvalue weighted by Crippen LogP contribution is 2.41. The number of rotatable bonds is 13. The second-order valence-corrected chi connectivity index (χ2v) is 7.62. The molecule has 6 nitrogen and oxygen atoms in total. The minimum absolute atomic E-state index is 0.216. The molecule has 0 unspecified atom stereocenters. The van der Waals surface area contributed by atoms with Crippen LogP contribution in [0.25, 0.3) is 11.1 Å². The molecule has 178 valence electrons. The number of hydrogen-bond donors (Lipinski definition) is 2. The summed E-state index contributed by atoms with van der Waals surface area (Å²) in [6.45, 7) is 15.2. The van der Waals surface area contributed by atoms with Crippen molar-refractivity contribution in [2.24, 2.45) is 0 Å². The average molecular weight is 447 g/mol. The van der Waals surface area contributed by atoms with Crippen molar-refractivity contribution in [2.75, 3.05) is 26.4 Å². The molecule has 2 N–H and O–H groups in total. The predicted molar refractivity (Wildman–Crippen MR) is 126 cm³/mol. The second kappa shape index (κ2) is 12.8. The fraction of sp³-hybridized carbons (Fsp3) is 0.538. The van der Waals surface area contributed by atoms with E-state index in [2.05, 4.69) is 0 Å². The highest BCUT2D eigenvalue weighted by atomic mass is 16.5. The molecule has 0 aliphatic heterocycles. The summed E-state index contributed by atoms with van der Waals surface area (Å²) in [4.78, 5) is 0. The first kappa shape index (κ1) is 26.1. The second-order valence-electron chi connectivity index (χ2n) is 7.62. The third kappa shape index (κ3) is 6.01. The Balaban J connectivity index is 2.75. The Hall–Kier alpha value is -2.12. The van der Waals surface area contributed by atoms with Gasteiger partial charge in [0.1, 0.15) is 11.5 Å². The highest BCUT2D eigenvalue weighted by Gasteiger charge is 2.21. The molecule has 0 aliphatic rings. The van der Waals surface area contributed by atoms with Crippen LogP contribution < -0.4 is 0 Å². The van der Waals surface area contributed by atoms with Gasteiger partial charge in [0.2, 0.25) is 0 Å². The lowest BCUT2D eigenvalue weighted by atomic mass is 9.87. The van der Waals surface area contributed by atoms with Crippen LogP contribution in [0, 0.1) is 13.8 Å². The molecule has 0 saturated heterocycles. The minimum atomic E-state index is 0.216. The molecule has 0 aromatic heterocycles. The van der Waals surface area contributed by atoms with Crippen LogP contribution in [0.15, 0.2) is 12.1 Å². The summed E-state index contributed by atoms with van der Waals surface area (Å²) in [5.41, 5.74) is 6.76. The van der Waals surface area contributed by atoms with Crippen molar-refractivity contribution in [1.82, 2.24) is 0 Å². The molecule has 0 amide bonds. The van der Waals surface area contributed by atoms with Gasteiger partial charge in [0, 0.05) is 48.7 Å². The van der Waals surface area contributed by atoms with Gasteiger partial charge in [-0.2, -0.15) is 0 Å². The van der Waals surface area contributed by atoms with Gasteiger partial charge in [-0.15, -0.1) is 0 Å². The summed E-state index contributed by atoms with van der Waals surface area (Å²) in [5.74, 6) is 0.433. The molecular weight excluding hydrogens is 408 g/mol. The molecule has 0 spiro atoms. The first-order valence-corrected chi connectivity index (χ1v) is 11.4. The van der Waals surface area contributed by atoms with E-state index in [0.29, 0.717) is 64.0 Å². The predicted octanol–water partition coefficient (Wildman–Crippen LogP) is 5.53. The minimum Gasteiger partial charge on any atom is -0.507 e. The SMILES string of the molecule is CCOCc1cc(-c2cc(COCC)c(O)c(COCC)c2C)c(C)c(COCC)c1O. The summed E-state index contributed by atoms with van der Waals surface area (Å²) in [6, 6.07) is 3.95. The largest absolute Gasteiger partial charge is 0.507 e. The third-order valence-corrected chi connectivity index (χ3v) is 5.65. The smallest absolute Gasteiger partial charge is 0.126 e. The molecule has 0 bridgehead atoms. The van der Waals surface area contributed by atoms with E-state index in [1.165, 1.54) is 0 Å². The summed E-state index contributed by atoms with van der Waals surface area (Å²) in [5, 5.41) is 21.8. The van der Waals surface area contributed by atoms with Crippen molar-refractivity contribution in [1.29, 1.82) is 0 Å². The lowest BCUT2D eigenvalue weighted by molar-refractivity contribution is 0.125. The molecule has 0 atom stereocenters. The van der Waals surface area contributed by atoms with E-state index in [-0.39, 0.29) is 11.5 Å². The summed E-state index contributed by atoms with van der Waals surface area (Å²) < 4.78 is 22.5. The van der Waals surface area contributed by atoms with Gasteiger partial charge < -0.3 is 29.2 Å². The van der Waals surface area contributed by atoms with E-state index in [0.717, 1.165) is 33.4 Å². The molecular formula is C26H38O6. The number of hydrogen-bond acceptors (Lipinski definition) is 6. The van der Waals surface area contributed by atoms with Crippen molar-refractivity contribution in [3.05, 3.63) is 45.5 Å². The van der Waals surface area contributed by atoms with Crippen molar-refractivity contribution >= 4 is 0 Å². The number of ether oxygens (including phenoxy) is 4. The maximum Gasteiger partial charge on any atom is 0.126 e. The molecule has 0 heterocycles. The first-order chi connectivity index (χ1) is 15.4. The van der Waals surface area contributed by atoms with Gasteiger partial charge >= 0.3 is 0 Å². The summed E-state index contributed by atoms with van der Waals surface area (Å²) in [6.07, 6.45) is 0. The number of benzene rings is 2. The van der Waals surface area contributed by atoms with Crippen LogP contribution in [0.4, 0.5) is 0 Å². The van der Waals surface area contributed by atoms with Crippen molar-refractivity contribution in [3.63, 3.8) is 0 Å². The van der Waals surface area contributed by atoms with Crippen LogP contribution in [-0.4, -0.2) is 36.6 Å². The monoisotopic (exact) mass is 446 g/mol. The molecule has 0 fully saturated rings. The van der Waals surface area contributed by atoms with E-state index in [1.807, 2.05) is 53.7 Å². The zero-order chi connectivity index (χ0) is 23.7. The molecule has 0 saturated carbocycles. The zero-order valence-corrected chi connectivity index (χ0v) is 20.3. The number of phenols is 2. The lowest BCUT2D eigenvalue weighted by Gasteiger charge is -2.22. The molecule has 2 rings (SSSR count). The Kier molecular flexibility index (Phi) is 10.5. The first-order valence-electron chi connectivity index (χ1n) is 11.4. The summed E-state index contributed by atoms with van der Waals surface area (Å²) >= 11 is 0. The summed E-state index contributed by atoms with van der Waals surface area (Å²) in [7, 11) is 0. The van der Waals surface area contributed by atoms with Crippen LogP contribution >= 0.6 is 0 Å². The lowest BCUT2D eigenvalue weighted by Crippen LogP contribution is -2.06. The third-order valence-electron chi connectivity index (χ3n) is 5.65.